The Labute approximate surface area is 181 Å². The van der Waals surface area contributed by atoms with Gasteiger partial charge in [0.15, 0.2) is 6.54 Å². The van der Waals surface area contributed by atoms with Gasteiger partial charge >= 0.3 is 0 Å². The lowest BCUT2D eigenvalue weighted by molar-refractivity contribution is -0.905. The number of hydrogen-bond acceptors (Lipinski definition) is 2. The summed E-state index contributed by atoms with van der Waals surface area (Å²) in [5.74, 6) is -0.910. The summed E-state index contributed by atoms with van der Waals surface area (Å²) in [6.07, 6.45) is 3.16. The molecular formula is C22H24ClF2N3O2. The van der Waals surface area contributed by atoms with E-state index >= 15 is 0 Å². The number of hydrogen-bond donors (Lipinski definition) is 1. The van der Waals surface area contributed by atoms with Gasteiger partial charge in [0, 0.05) is 11.8 Å². The molecule has 0 aliphatic carbocycles. The first-order valence-electron chi connectivity index (χ1n) is 9.45. The number of nitrogens with zero attached hydrogens (tertiary/aromatic N) is 2. The molecule has 1 heterocycles. The molecule has 5 nitrogen and oxygen atoms in total. The summed E-state index contributed by atoms with van der Waals surface area (Å²) in [7, 11) is 1.99. The van der Waals surface area contributed by atoms with Gasteiger partial charge in [0.1, 0.15) is 11.6 Å². The van der Waals surface area contributed by atoms with E-state index in [1.54, 1.807) is 23.1 Å². The van der Waals surface area contributed by atoms with Crippen LogP contribution in [0.2, 0.25) is 0 Å². The van der Waals surface area contributed by atoms with Crippen molar-refractivity contribution in [2.75, 3.05) is 45.1 Å². The third-order valence-corrected chi connectivity index (χ3v) is 5.07. The smallest absolute Gasteiger partial charge is 0.279 e. The third-order valence-electron chi connectivity index (χ3n) is 5.07. The van der Waals surface area contributed by atoms with Crippen LogP contribution in [-0.4, -0.2) is 61.0 Å². The zero-order valence-electron chi connectivity index (χ0n) is 16.7. The molecule has 160 valence electrons. The van der Waals surface area contributed by atoms with Gasteiger partial charge in [-0.25, -0.2) is 8.78 Å². The molecule has 1 saturated heterocycles. The van der Waals surface area contributed by atoms with Crippen molar-refractivity contribution in [3.63, 3.8) is 0 Å². The fourth-order valence-electron chi connectivity index (χ4n) is 3.25. The Morgan fingerprint density at radius 2 is 1.53 bits per heavy atom. The van der Waals surface area contributed by atoms with Crippen molar-refractivity contribution < 1.29 is 35.3 Å². The molecule has 0 aromatic heterocycles. The van der Waals surface area contributed by atoms with Crippen LogP contribution in [0.4, 0.5) is 14.5 Å². The van der Waals surface area contributed by atoms with Crippen molar-refractivity contribution in [1.82, 2.24) is 4.90 Å². The topological polar surface area (TPSA) is 49.4 Å². The molecule has 0 bridgehead atoms. The lowest BCUT2D eigenvalue weighted by atomic mass is 10.2. The van der Waals surface area contributed by atoms with E-state index in [-0.39, 0.29) is 42.4 Å². The van der Waals surface area contributed by atoms with Crippen LogP contribution in [0.5, 0.6) is 0 Å². The predicted octanol–water partition coefficient (Wildman–Crippen LogP) is -0.0905. The Bertz CT molecular complexity index is 894. The lowest BCUT2D eigenvalue weighted by Gasteiger charge is -2.41. The minimum Gasteiger partial charge on any atom is -1.00 e. The van der Waals surface area contributed by atoms with Crippen molar-refractivity contribution >= 4 is 23.6 Å². The van der Waals surface area contributed by atoms with Gasteiger partial charge in [-0.15, -0.1) is 0 Å². The van der Waals surface area contributed by atoms with Gasteiger partial charge in [0.25, 0.3) is 5.91 Å². The number of carbonyl (C=O) groups is 2. The number of piperazine rings is 1. The van der Waals surface area contributed by atoms with Crippen LogP contribution >= 0.6 is 0 Å². The zero-order chi connectivity index (χ0) is 20.9. The van der Waals surface area contributed by atoms with Gasteiger partial charge in [-0.2, -0.15) is 0 Å². The fourth-order valence-corrected chi connectivity index (χ4v) is 3.25. The van der Waals surface area contributed by atoms with E-state index in [0.29, 0.717) is 36.3 Å². The molecule has 0 spiro atoms. The standard InChI is InChI=1S/C22H23F2N3O2.ClH/c1-27(16-21(28)25-20-9-7-19(24)8-10-20)14-12-26(13-15-27)22(29)11-4-17-2-5-18(23)6-3-17;/h2-11H,12-16H2,1H3;1H/b11-4+;. The maximum absolute atomic E-state index is 13.0. The van der Waals surface area contributed by atoms with Gasteiger partial charge in [0.2, 0.25) is 5.91 Å². The molecule has 30 heavy (non-hydrogen) atoms. The average Bonchev–Trinajstić information content (AvgIpc) is 2.69. The van der Waals surface area contributed by atoms with Gasteiger partial charge in [0.05, 0.1) is 33.2 Å². The number of halogens is 3. The summed E-state index contributed by atoms with van der Waals surface area (Å²) < 4.78 is 26.4. The lowest BCUT2D eigenvalue weighted by Crippen LogP contribution is -3.00. The van der Waals surface area contributed by atoms with Crippen LogP contribution in [0.15, 0.2) is 54.6 Å². The summed E-state index contributed by atoms with van der Waals surface area (Å²) in [6.45, 7) is 2.70. The molecule has 0 saturated carbocycles. The highest BCUT2D eigenvalue weighted by Crippen LogP contribution is 2.13. The molecule has 1 aliphatic heterocycles. The maximum Gasteiger partial charge on any atom is 0.279 e. The summed E-state index contributed by atoms with van der Waals surface area (Å²) >= 11 is 0. The minimum atomic E-state index is -0.351. The second-order valence-corrected chi connectivity index (χ2v) is 7.49. The number of likely N-dealkylation sites (N-methyl/N-ethyl adjacent to an activating group) is 1. The van der Waals surface area contributed by atoms with Crippen molar-refractivity contribution in [3.05, 3.63) is 71.8 Å². The van der Waals surface area contributed by atoms with Crippen LogP contribution in [0.3, 0.4) is 0 Å². The monoisotopic (exact) mass is 435 g/mol. The van der Waals surface area contributed by atoms with Crippen molar-refractivity contribution in [2.45, 2.75) is 0 Å². The molecule has 1 aliphatic rings. The average molecular weight is 436 g/mol. The number of anilines is 1. The van der Waals surface area contributed by atoms with Crippen molar-refractivity contribution in [3.8, 4) is 0 Å². The molecule has 3 rings (SSSR count). The van der Waals surface area contributed by atoms with Gasteiger partial charge in [-0.3, -0.25) is 9.59 Å². The first-order chi connectivity index (χ1) is 13.8. The fraction of sp³-hybridized carbons (Fsp3) is 0.273. The number of rotatable bonds is 5. The molecule has 1 N–H and O–H groups in total. The summed E-state index contributed by atoms with van der Waals surface area (Å²) in [6, 6.07) is 11.6. The van der Waals surface area contributed by atoms with Crippen LogP contribution < -0.4 is 17.7 Å². The molecule has 2 aromatic rings. The highest BCUT2D eigenvalue weighted by Gasteiger charge is 2.32. The van der Waals surface area contributed by atoms with E-state index in [1.807, 2.05) is 7.05 Å². The van der Waals surface area contributed by atoms with E-state index in [1.165, 1.54) is 42.5 Å². The molecule has 8 heteroatoms. The normalized spacial score (nSPS) is 15.5. The predicted molar refractivity (Wildman–Crippen MR) is 108 cm³/mol. The summed E-state index contributed by atoms with van der Waals surface area (Å²) in [4.78, 5) is 26.5. The van der Waals surface area contributed by atoms with Crippen LogP contribution in [-0.2, 0) is 9.59 Å². The molecule has 2 amide bonds. The number of amides is 2. The molecule has 0 unspecified atom stereocenters. The molecule has 0 atom stereocenters. The highest BCUT2D eigenvalue weighted by atomic mass is 35.5. The summed E-state index contributed by atoms with van der Waals surface area (Å²) in [5, 5.41) is 2.78. The number of nitrogens with one attached hydrogen (secondary N) is 1. The van der Waals surface area contributed by atoms with Crippen molar-refractivity contribution in [1.29, 1.82) is 0 Å². The Hall–Kier alpha value is -2.77. The molecular weight excluding hydrogens is 412 g/mol. The Kier molecular flexibility index (Phi) is 8.08. The summed E-state index contributed by atoms with van der Waals surface area (Å²) in [5.41, 5.74) is 1.32. The number of quaternary nitrogens is 1. The Morgan fingerprint density at radius 3 is 2.10 bits per heavy atom. The van der Waals surface area contributed by atoms with E-state index in [0.717, 1.165) is 5.56 Å². The van der Waals surface area contributed by atoms with Crippen LogP contribution in [0, 0.1) is 11.6 Å². The first-order valence-corrected chi connectivity index (χ1v) is 9.45. The van der Waals surface area contributed by atoms with Gasteiger partial charge in [-0.1, -0.05) is 12.1 Å². The van der Waals surface area contributed by atoms with Gasteiger partial charge < -0.3 is 27.1 Å². The third kappa shape index (κ3) is 6.64. The van der Waals surface area contributed by atoms with Crippen molar-refractivity contribution in [2.24, 2.45) is 0 Å². The van der Waals surface area contributed by atoms with E-state index in [2.05, 4.69) is 5.32 Å². The molecule has 2 aromatic carbocycles. The first kappa shape index (κ1) is 23.5. The highest BCUT2D eigenvalue weighted by molar-refractivity contribution is 5.92. The van der Waals surface area contributed by atoms with Crippen LogP contribution in [0.1, 0.15) is 5.56 Å². The SMILES string of the molecule is C[N+]1(CC(=O)Nc2ccc(F)cc2)CCN(C(=O)/C=C/c2ccc(F)cc2)CC1.[Cl-]. The maximum atomic E-state index is 13.0. The number of carbonyl (C=O) groups excluding carboxylic acids is 2. The Balaban J connectivity index is 0.00000320. The second kappa shape index (κ2) is 10.3. The van der Waals surface area contributed by atoms with E-state index < -0.39 is 0 Å². The minimum absolute atomic E-state index is 0. The van der Waals surface area contributed by atoms with E-state index in [9.17, 15) is 18.4 Å². The van der Waals surface area contributed by atoms with Gasteiger partial charge in [-0.05, 0) is 48.0 Å². The second-order valence-electron chi connectivity index (χ2n) is 7.49. The zero-order valence-corrected chi connectivity index (χ0v) is 17.4. The van der Waals surface area contributed by atoms with E-state index in [4.69, 9.17) is 0 Å². The number of benzene rings is 2. The largest absolute Gasteiger partial charge is 1.00 e. The molecule has 1 fully saturated rings. The molecule has 0 radical (unpaired) electrons. The Morgan fingerprint density at radius 1 is 1.00 bits per heavy atom. The van der Waals surface area contributed by atoms with Crippen LogP contribution in [0.25, 0.3) is 6.08 Å². The quantitative estimate of drug-likeness (QED) is 0.527.